The number of unbranched alkanes of at least 4 members (excludes halogenated alkanes) is 1. The van der Waals surface area contributed by atoms with Gasteiger partial charge in [0.15, 0.2) is 0 Å². The Labute approximate surface area is 209 Å². The number of phenols is 1. The van der Waals surface area contributed by atoms with Crippen LogP contribution in [0, 0.1) is 5.92 Å². The topological polar surface area (TPSA) is 108 Å². The molecule has 3 N–H and O–H groups in total. The van der Waals surface area contributed by atoms with Gasteiger partial charge in [-0.05, 0) is 64.9 Å². The number of nitrogens with one attached hydrogen (secondary N) is 2. The molecule has 8 heteroatoms. The third-order valence-electron chi connectivity index (χ3n) is 6.01. The van der Waals surface area contributed by atoms with E-state index in [1.807, 2.05) is 20.8 Å². The number of carbonyl (C=O) groups is 3. The monoisotopic (exact) mass is 489 g/mol. The van der Waals surface area contributed by atoms with Crippen LogP contribution in [0.15, 0.2) is 24.3 Å². The minimum atomic E-state index is -0.999. The van der Waals surface area contributed by atoms with Crippen molar-refractivity contribution in [3.8, 4) is 5.75 Å². The van der Waals surface area contributed by atoms with Gasteiger partial charge in [0.2, 0.25) is 11.8 Å². The number of hydrogen-bond acceptors (Lipinski definition) is 5. The molecule has 1 aliphatic carbocycles. The average Bonchev–Trinajstić information content (AvgIpc) is 2.70. The number of amides is 3. The van der Waals surface area contributed by atoms with Gasteiger partial charge in [0, 0.05) is 18.2 Å². The first kappa shape index (κ1) is 28.5. The largest absolute Gasteiger partial charge is 0.508 e. The number of hydrogen-bond donors (Lipinski definition) is 3. The average molecular weight is 490 g/mol. The summed E-state index contributed by atoms with van der Waals surface area (Å²) in [4.78, 5) is 41.8. The number of ether oxygens (including phenoxy) is 1. The number of nitrogens with zero attached hydrogens (tertiary/aromatic N) is 1. The van der Waals surface area contributed by atoms with Crippen LogP contribution in [-0.2, 0) is 14.3 Å². The van der Waals surface area contributed by atoms with Crippen LogP contribution < -0.4 is 10.6 Å². The lowest BCUT2D eigenvalue weighted by molar-refractivity contribution is -0.147. The van der Waals surface area contributed by atoms with Crippen molar-refractivity contribution in [2.24, 2.45) is 5.92 Å². The van der Waals surface area contributed by atoms with Gasteiger partial charge in [0.25, 0.3) is 0 Å². The predicted molar refractivity (Wildman–Crippen MR) is 136 cm³/mol. The van der Waals surface area contributed by atoms with Crippen LogP contribution >= 0.6 is 0 Å². The van der Waals surface area contributed by atoms with Crippen molar-refractivity contribution in [2.45, 2.75) is 104 Å². The summed E-state index contributed by atoms with van der Waals surface area (Å²) >= 11 is 0. The van der Waals surface area contributed by atoms with E-state index < -0.39 is 23.8 Å². The molecule has 0 aromatic heterocycles. The fourth-order valence-electron chi connectivity index (χ4n) is 4.13. The maximum absolute atomic E-state index is 14.1. The Morgan fingerprint density at radius 1 is 1.17 bits per heavy atom. The number of carbonyl (C=O) groups excluding carboxylic acids is 3. The third-order valence-corrected chi connectivity index (χ3v) is 6.01. The Morgan fingerprint density at radius 2 is 1.83 bits per heavy atom. The summed E-state index contributed by atoms with van der Waals surface area (Å²) in [5.41, 5.74) is -0.330. The third kappa shape index (κ3) is 8.44. The SMILES string of the molecule is CCCCNC(=O)C(c1ccccc1O)N(C(=O)C(CC(C)C)NC(=O)OC(C)(C)C)C1CCC1. The van der Waals surface area contributed by atoms with Gasteiger partial charge in [-0.25, -0.2) is 4.79 Å². The van der Waals surface area contributed by atoms with Gasteiger partial charge < -0.3 is 25.4 Å². The summed E-state index contributed by atoms with van der Waals surface area (Å²) in [5.74, 6) is -0.598. The molecule has 2 unspecified atom stereocenters. The Hall–Kier alpha value is -2.77. The smallest absolute Gasteiger partial charge is 0.408 e. The lowest BCUT2D eigenvalue weighted by Gasteiger charge is -2.43. The summed E-state index contributed by atoms with van der Waals surface area (Å²) in [6, 6.07) is 4.62. The van der Waals surface area contributed by atoms with E-state index >= 15 is 0 Å². The van der Waals surface area contributed by atoms with Gasteiger partial charge >= 0.3 is 6.09 Å². The maximum atomic E-state index is 14.1. The second-order valence-corrected chi connectivity index (χ2v) is 10.8. The van der Waals surface area contributed by atoms with E-state index in [-0.39, 0.29) is 29.5 Å². The molecule has 196 valence electrons. The fraction of sp³-hybridized carbons (Fsp3) is 0.667. The number of para-hydroxylation sites is 1. The summed E-state index contributed by atoms with van der Waals surface area (Å²) in [7, 11) is 0. The molecule has 8 nitrogen and oxygen atoms in total. The minimum Gasteiger partial charge on any atom is -0.508 e. The molecule has 1 aromatic carbocycles. The van der Waals surface area contributed by atoms with E-state index in [9.17, 15) is 19.5 Å². The molecule has 0 aliphatic heterocycles. The van der Waals surface area contributed by atoms with E-state index in [2.05, 4.69) is 10.6 Å². The molecule has 0 bridgehead atoms. The van der Waals surface area contributed by atoms with Crippen molar-refractivity contribution in [3.63, 3.8) is 0 Å². The molecule has 2 atom stereocenters. The van der Waals surface area contributed by atoms with Crippen molar-refractivity contribution in [1.29, 1.82) is 0 Å². The highest BCUT2D eigenvalue weighted by molar-refractivity contribution is 5.92. The highest BCUT2D eigenvalue weighted by Gasteiger charge is 2.42. The van der Waals surface area contributed by atoms with Crippen LogP contribution in [0.4, 0.5) is 4.79 Å². The first-order valence-electron chi connectivity index (χ1n) is 12.8. The summed E-state index contributed by atoms with van der Waals surface area (Å²) < 4.78 is 5.42. The zero-order valence-corrected chi connectivity index (χ0v) is 22.1. The first-order chi connectivity index (χ1) is 16.4. The molecule has 0 saturated heterocycles. The van der Waals surface area contributed by atoms with E-state index in [0.29, 0.717) is 18.5 Å². The quantitative estimate of drug-likeness (QED) is 0.392. The molecule has 0 spiro atoms. The molecule has 3 amide bonds. The van der Waals surface area contributed by atoms with E-state index in [1.54, 1.807) is 43.9 Å². The van der Waals surface area contributed by atoms with Crippen molar-refractivity contribution >= 4 is 17.9 Å². The zero-order chi connectivity index (χ0) is 26.2. The summed E-state index contributed by atoms with van der Waals surface area (Å²) in [5, 5.41) is 16.4. The van der Waals surface area contributed by atoms with Crippen LogP contribution in [0.25, 0.3) is 0 Å². The van der Waals surface area contributed by atoms with Crippen LogP contribution in [0.3, 0.4) is 0 Å². The maximum Gasteiger partial charge on any atom is 0.408 e. The highest BCUT2D eigenvalue weighted by atomic mass is 16.6. The molecule has 1 saturated carbocycles. The number of phenolic OH excluding ortho intramolecular Hbond substituents is 1. The summed E-state index contributed by atoms with van der Waals surface area (Å²) in [6.07, 6.45) is 3.93. The normalized spacial score (nSPS) is 15.6. The molecule has 35 heavy (non-hydrogen) atoms. The van der Waals surface area contributed by atoms with Crippen molar-refractivity contribution in [2.75, 3.05) is 6.54 Å². The predicted octanol–water partition coefficient (Wildman–Crippen LogP) is 4.67. The molecule has 1 aliphatic rings. The molecular formula is C27H43N3O5. The molecular weight excluding hydrogens is 446 g/mol. The Morgan fingerprint density at radius 3 is 2.34 bits per heavy atom. The lowest BCUT2D eigenvalue weighted by Crippen LogP contribution is -2.57. The van der Waals surface area contributed by atoms with Crippen LogP contribution in [0.2, 0.25) is 0 Å². The Bertz CT molecular complexity index is 861. The van der Waals surface area contributed by atoms with Crippen molar-refractivity contribution in [1.82, 2.24) is 15.5 Å². The molecule has 0 radical (unpaired) electrons. The number of alkyl carbamates (subject to hydrolysis) is 1. The Kier molecular flexibility index (Phi) is 10.4. The molecule has 0 heterocycles. The van der Waals surface area contributed by atoms with Crippen molar-refractivity contribution < 1.29 is 24.2 Å². The zero-order valence-electron chi connectivity index (χ0n) is 22.1. The fourth-order valence-corrected chi connectivity index (χ4v) is 4.13. The lowest BCUT2D eigenvalue weighted by atomic mass is 9.87. The van der Waals surface area contributed by atoms with Gasteiger partial charge in [0.05, 0.1) is 0 Å². The van der Waals surface area contributed by atoms with E-state index in [1.165, 1.54) is 6.07 Å². The second kappa shape index (κ2) is 12.8. The number of benzene rings is 1. The van der Waals surface area contributed by atoms with E-state index in [0.717, 1.165) is 32.1 Å². The first-order valence-corrected chi connectivity index (χ1v) is 12.8. The summed E-state index contributed by atoms with van der Waals surface area (Å²) in [6.45, 7) is 11.8. The van der Waals surface area contributed by atoms with Crippen LogP contribution in [0.1, 0.15) is 91.7 Å². The van der Waals surface area contributed by atoms with Gasteiger partial charge in [-0.2, -0.15) is 0 Å². The minimum absolute atomic E-state index is 0.0409. The number of aromatic hydroxyl groups is 1. The van der Waals surface area contributed by atoms with Gasteiger partial charge in [0.1, 0.15) is 23.4 Å². The van der Waals surface area contributed by atoms with Gasteiger partial charge in [-0.1, -0.05) is 45.4 Å². The molecule has 1 aromatic rings. The van der Waals surface area contributed by atoms with Crippen LogP contribution in [0.5, 0.6) is 5.75 Å². The highest BCUT2D eigenvalue weighted by Crippen LogP contribution is 2.37. The standard InChI is InChI=1S/C27H43N3O5/c1-7-8-16-28-24(32)23(20-14-9-10-15-22(20)31)30(19-12-11-13-19)25(33)21(17-18(2)3)29-26(34)35-27(4,5)6/h9-10,14-15,18-19,21,23,31H,7-8,11-13,16-17H2,1-6H3,(H,28,32)(H,29,34). The second-order valence-electron chi connectivity index (χ2n) is 10.8. The van der Waals surface area contributed by atoms with Crippen molar-refractivity contribution in [3.05, 3.63) is 29.8 Å². The van der Waals surface area contributed by atoms with Gasteiger partial charge in [-0.3, -0.25) is 9.59 Å². The van der Waals surface area contributed by atoms with E-state index in [4.69, 9.17) is 4.74 Å². The Balaban J connectivity index is 2.45. The molecule has 2 rings (SSSR count). The van der Waals surface area contributed by atoms with Crippen LogP contribution in [-0.4, -0.2) is 52.1 Å². The number of rotatable bonds is 11. The molecule has 1 fully saturated rings. The van der Waals surface area contributed by atoms with Gasteiger partial charge in [-0.15, -0.1) is 0 Å².